The summed E-state index contributed by atoms with van der Waals surface area (Å²) in [7, 11) is 1.12. The first-order chi connectivity index (χ1) is 12.7. The third-order valence-electron chi connectivity index (χ3n) is 4.64. The number of hydrogen-bond acceptors (Lipinski definition) is 4. The van der Waals surface area contributed by atoms with Crippen LogP contribution in [0.4, 0.5) is 0 Å². The van der Waals surface area contributed by atoms with Gasteiger partial charge >= 0.3 is 0 Å². The second-order valence-corrected chi connectivity index (χ2v) is 8.74. The molecule has 3 rings (SSSR count). The molecule has 0 aliphatic heterocycles. The highest BCUT2D eigenvalue weighted by Gasteiger charge is 2.23. The predicted molar refractivity (Wildman–Crippen MR) is 104 cm³/mol. The van der Waals surface area contributed by atoms with Crippen LogP contribution in [-0.2, 0) is 10.0 Å². The van der Waals surface area contributed by atoms with Crippen molar-refractivity contribution in [2.75, 3.05) is 21.1 Å². The van der Waals surface area contributed by atoms with Gasteiger partial charge in [-0.25, -0.2) is 12.7 Å². The summed E-state index contributed by atoms with van der Waals surface area (Å²) in [5.41, 5.74) is 1.19. The summed E-state index contributed by atoms with van der Waals surface area (Å²) in [6, 6.07) is 15.3. The maximum Gasteiger partial charge on any atom is 0.254 e. The molecular formula is C20H22N2O4S. The average molecular weight is 386 g/mol. The van der Waals surface area contributed by atoms with Gasteiger partial charge in [0.1, 0.15) is 11.3 Å². The number of hydrogen-bond donors (Lipinski definition) is 0. The lowest BCUT2D eigenvalue weighted by molar-refractivity contribution is 0.0727. The van der Waals surface area contributed by atoms with Crippen LogP contribution in [0, 0.1) is 0 Å². The molecule has 27 heavy (non-hydrogen) atoms. The van der Waals surface area contributed by atoms with E-state index in [0.717, 1.165) is 15.3 Å². The summed E-state index contributed by atoms with van der Waals surface area (Å²) in [6.07, 6.45) is 0. The molecule has 0 saturated carbocycles. The zero-order chi connectivity index (χ0) is 19.8. The Hall–Kier alpha value is -2.64. The Balaban J connectivity index is 1.82. The van der Waals surface area contributed by atoms with Crippen molar-refractivity contribution in [1.82, 2.24) is 9.21 Å². The zero-order valence-electron chi connectivity index (χ0n) is 15.7. The first kappa shape index (κ1) is 19.1. The number of fused-ring (bicyclic) bond motifs is 1. The summed E-state index contributed by atoms with van der Waals surface area (Å²) in [4.78, 5) is 14.5. The van der Waals surface area contributed by atoms with Crippen molar-refractivity contribution in [1.29, 1.82) is 0 Å². The maximum absolute atomic E-state index is 12.8. The molecule has 0 radical (unpaired) electrons. The van der Waals surface area contributed by atoms with Crippen molar-refractivity contribution in [3.8, 4) is 0 Å². The topological polar surface area (TPSA) is 70.8 Å². The first-order valence-electron chi connectivity index (χ1n) is 8.50. The number of furan rings is 1. The Labute approximate surface area is 159 Å². The van der Waals surface area contributed by atoms with Crippen molar-refractivity contribution < 1.29 is 17.6 Å². The monoisotopic (exact) mass is 386 g/mol. The SMILES string of the molecule is CC(c1cc2ccccc2o1)N(C)C(=O)c1ccc(S(=O)(=O)N(C)C)cc1. The number of carbonyl (C=O) groups excluding carboxylic acids is 1. The summed E-state index contributed by atoms with van der Waals surface area (Å²) in [5.74, 6) is 0.482. The van der Waals surface area contributed by atoms with Crippen LogP contribution in [0.3, 0.4) is 0 Å². The van der Waals surface area contributed by atoms with Crippen LogP contribution < -0.4 is 0 Å². The molecule has 6 nitrogen and oxygen atoms in total. The fourth-order valence-corrected chi connectivity index (χ4v) is 3.66. The van der Waals surface area contributed by atoms with E-state index in [4.69, 9.17) is 4.42 Å². The molecule has 0 bridgehead atoms. The molecule has 2 aromatic carbocycles. The standard InChI is InChI=1S/C20H22N2O4S/c1-14(19-13-16-7-5-6-8-18(16)26-19)22(4)20(23)15-9-11-17(12-10-15)27(24,25)21(2)3/h5-14H,1-4H3. The van der Waals surface area contributed by atoms with Crippen molar-refractivity contribution in [2.45, 2.75) is 17.9 Å². The van der Waals surface area contributed by atoms with Crippen molar-refractivity contribution in [3.05, 3.63) is 65.9 Å². The molecule has 7 heteroatoms. The molecule has 0 saturated heterocycles. The lowest BCUT2D eigenvalue weighted by Gasteiger charge is -2.23. The zero-order valence-corrected chi connectivity index (χ0v) is 16.5. The van der Waals surface area contributed by atoms with E-state index in [9.17, 15) is 13.2 Å². The number of benzene rings is 2. The number of sulfonamides is 1. The largest absolute Gasteiger partial charge is 0.459 e. The van der Waals surface area contributed by atoms with E-state index in [1.165, 1.54) is 38.4 Å². The highest BCUT2D eigenvalue weighted by atomic mass is 32.2. The second kappa shape index (κ2) is 7.17. The van der Waals surface area contributed by atoms with Crippen LogP contribution in [0.25, 0.3) is 11.0 Å². The highest BCUT2D eigenvalue weighted by molar-refractivity contribution is 7.89. The molecule has 0 spiro atoms. The van der Waals surface area contributed by atoms with E-state index in [1.807, 2.05) is 37.3 Å². The minimum absolute atomic E-state index is 0.150. The Morgan fingerprint density at radius 2 is 1.63 bits per heavy atom. The molecule has 142 valence electrons. The molecule has 0 fully saturated rings. The first-order valence-corrected chi connectivity index (χ1v) is 9.94. The predicted octanol–water partition coefficient (Wildman–Crippen LogP) is 3.52. The minimum Gasteiger partial charge on any atom is -0.459 e. The van der Waals surface area contributed by atoms with Crippen LogP contribution in [0.2, 0.25) is 0 Å². The van der Waals surface area contributed by atoms with Gasteiger partial charge in [0.2, 0.25) is 10.0 Å². The van der Waals surface area contributed by atoms with Gasteiger partial charge in [-0.2, -0.15) is 0 Å². The van der Waals surface area contributed by atoms with Crippen molar-refractivity contribution >= 4 is 26.9 Å². The van der Waals surface area contributed by atoms with Gasteiger partial charge in [-0.15, -0.1) is 0 Å². The van der Waals surface area contributed by atoms with Gasteiger partial charge in [0, 0.05) is 32.1 Å². The molecule has 3 aromatic rings. The van der Waals surface area contributed by atoms with Crippen LogP contribution in [0.1, 0.15) is 29.1 Å². The van der Waals surface area contributed by atoms with Crippen LogP contribution in [0.5, 0.6) is 0 Å². The average Bonchev–Trinajstić information content (AvgIpc) is 3.10. The van der Waals surface area contributed by atoms with Gasteiger partial charge in [0.05, 0.1) is 10.9 Å². The molecule has 1 heterocycles. The Bertz CT molecular complexity index is 1040. The lowest BCUT2D eigenvalue weighted by atomic mass is 10.1. The molecule has 1 atom stereocenters. The smallest absolute Gasteiger partial charge is 0.254 e. The number of para-hydroxylation sites is 1. The van der Waals surface area contributed by atoms with Crippen LogP contribution >= 0.6 is 0 Å². The second-order valence-electron chi connectivity index (χ2n) is 6.59. The third-order valence-corrected chi connectivity index (χ3v) is 6.47. The van der Waals surface area contributed by atoms with E-state index in [1.54, 1.807) is 11.9 Å². The number of nitrogens with zero attached hydrogens (tertiary/aromatic N) is 2. The number of rotatable bonds is 5. The van der Waals surface area contributed by atoms with E-state index >= 15 is 0 Å². The van der Waals surface area contributed by atoms with Gasteiger partial charge < -0.3 is 9.32 Å². The van der Waals surface area contributed by atoms with Gasteiger partial charge in [-0.1, -0.05) is 18.2 Å². The van der Waals surface area contributed by atoms with E-state index < -0.39 is 10.0 Å². The van der Waals surface area contributed by atoms with Crippen molar-refractivity contribution in [2.24, 2.45) is 0 Å². The summed E-state index contributed by atoms with van der Waals surface area (Å²) in [6.45, 7) is 1.89. The number of carbonyl (C=O) groups is 1. The highest BCUT2D eigenvalue weighted by Crippen LogP contribution is 2.27. The molecule has 0 aliphatic rings. The molecule has 0 N–H and O–H groups in total. The van der Waals surface area contributed by atoms with Gasteiger partial charge in [0.15, 0.2) is 0 Å². The van der Waals surface area contributed by atoms with Gasteiger partial charge in [-0.05, 0) is 43.3 Å². The Kier molecular flexibility index (Phi) is 5.08. The third kappa shape index (κ3) is 3.61. The molecule has 1 amide bonds. The summed E-state index contributed by atoms with van der Waals surface area (Å²) >= 11 is 0. The van der Waals surface area contributed by atoms with E-state index in [2.05, 4.69) is 0 Å². The minimum atomic E-state index is -3.52. The van der Waals surface area contributed by atoms with Crippen LogP contribution in [-0.4, -0.2) is 44.7 Å². The quantitative estimate of drug-likeness (QED) is 0.673. The Morgan fingerprint density at radius 1 is 1.00 bits per heavy atom. The molecule has 1 aromatic heterocycles. The van der Waals surface area contributed by atoms with Gasteiger partial charge in [-0.3, -0.25) is 4.79 Å². The van der Waals surface area contributed by atoms with E-state index in [-0.39, 0.29) is 16.8 Å². The van der Waals surface area contributed by atoms with Gasteiger partial charge in [0.25, 0.3) is 5.91 Å². The normalized spacial score (nSPS) is 13.1. The van der Waals surface area contributed by atoms with Crippen LogP contribution in [0.15, 0.2) is 63.9 Å². The number of amides is 1. The fourth-order valence-electron chi connectivity index (χ4n) is 2.76. The van der Waals surface area contributed by atoms with Crippen molar-refractivity contribution in [3.63, 3.8) is 0 Å². The van der Waals surface area contributed by atoms with E-state index in [0.29, 0.717) is 11.3 Å². The molecule has 1 unspecified atom stereocenters. The Morgan fingerprint density at radius 3 is 2.22 bits per heavy atom. The summed E-state index contributed by atoms with van der Waals surface area (Å²) < 4.78 is 31.3. The summed E-state index contributed by atoms with van der Waals surface area (Å²) in [5, 5.41) is 0.985. The fraction of sp³-hybridized carbons (Fsp3) is 0.250. The maximum atomic E-state index is 12.8. The molecule has 0 aliphatic carbocycles. The molecular weight excluding hydrogens is 364 g/mol. The lowest BCUT2D eigenvalue weighted by Crippen LogP contribution is -2.29.